The quantitative estimate of drug-likeness (QED) is 0.536. The van der Waals surface area contributed by atoms with Gasteiger partial charge in [0.05, 0.1) is 37.5 Å². The molecule has 9 heteroatoms. The van der Waals surface area contributed by atoms with Gasteiger partial charge in [-0.25, -0.2) is 13.3 Å². The van der Waals surface area contributed by atoms with Gasteiger partial charge in [0.15, 0.2) is 9.84 Å². The van der Waals surface area contributed by atoms with Crippen molar-refractivity contribution in [2.45, 2.75) is 24.0 Å². The molecule has 168 valence electrons. The summed E-state index contributed by atoms with van der Waals surface area (Å²) in [5.41, 5.74) is 1.05. The monoisotopic (exact) mass is 482 g/mol. The lowest BCUT2D eigenvalue weighted by molar-refractivity contribution is 0.0924. The van der Waals surface area contributed by atoms with Gasteiger partial charge < -0.3 is 5.32 Å². The highest BCUT2D eigenvalue weighted by Gasteiger charge is 2.37. The predicted molar refractivity (Wildman–Crippen MR) is 126 cm³/mol. The Hall–Kier alpha value is -3.49. The average Bonchev–Trinajstić information content (AvgIpc) is 3.04. The maximum Gasteiger partial charge on any atom is 0.266 e. The van der Waals surface area contributed by atoms with Crippen molar-refractivity contribution in [1.82, 2.24) is 0 Å². The lowest BCUT2D eigenvalue weighted by atomic mass is 10.1. The number of hydrogen-bond acceptors (Lipinski definition) is 5. The summed E-state index contributed by atoms with van der Waals surface area (Å²) in [5.74, 6) is -1.59. The van der Waals surface area contributed by atoms with E-state index in [0.29, 0.717) is 11.1 Å². The highest BCUT2D eigenvalue weighted by Crippen LogP contribution is 2.35. The summed E-state index contributed by atoms with van der Waals surface area (Å²) in [6, 6.07) is 16.8. The summed E-state index contributed by atoms with van der Waals surface area (Å²) in [6.07, 6.45) is 0. The molecule has 3 aromatic carbocycles. The Labute approximate surface area is 195 Å². The molecule has 1 heterocycles. The summed E-state index contributed by atoms with van der Waals surface area (Å²) < 4.78 is 25.3. The highest BCUT2D eigenvalue weighted by molar-refractivity contribution is 7.92. The van der Waals surface area contributed by atoms with Crippen molar-refractivity contribution in [3.05, 3.63) is 88.4 Å². The lowest BCUT2D eigenvalue weighted by Crippen LogP contribution is -2.29. The van der Waals surface area contributed by atoms with E-state index < -0.39 is 32.8 Å². The number of rotatable bonds is 5. The van der Waals surface area contributed by atoms with Gasteiger partial charge in [0, 0.05) is 5.69 Å². The Balaban J connectivity index is 1.62. The number of fused-ring (bicyclic) bond motifs is 1. The van der Waals surface area contributed by atoms with E-state index in [0.717, 1.165) is 4.90 Å². The molecule has 0 bridgehead atoms. The van der Waals surface area contributed by atoms with Crippen LogP contribution in [0.4, 0.5) is 11.4 Å². The smallest absolute Gasteiger partial charge is 0.266 e. The van der Waals surface area contributed by atoms with Crippen molar-refractivity contribution >= 4 is 50.5 Å². The molecule has 0 radical (unpaired) electrons. The molecule has 3 amide bonds. The fourth-order valence-electron chi connectivity index (χ4n) is 3.53. The molecule has 1 N–H and O–H groups in total. The van der Waals surface area contributed by atoms with E-state index in [4.69, 9.17) is 11.6 Å². The Morgan fingerprint density at radius 3 is 2.06 bits per heavy atom. The average molecular weight is 483 g/mol. The molecule has 4 rings (SSSR count). The molecule has 0 atom stereocenters. The number of anilines is 2. The van der Waals surface area contributed by atoms with Crippen LogP contribution in [0.25, 0.3) is 0 Å². The Morgan fingerprint density at radius 1 is 0.909 bits per heavy atom. The molecular formula is C24H19ClN2O5S. The van der Waals surface area contributed by atoms with Gasteiger partial charge in [0.25, 0.3) is 17.7 Å². The zero-order chi connectivity index (χ0) is 23.9. The third-order valence-electron chi connectivity index (χ3n) is 5.30. The number of nitrogens with zero attached hydrogens (tertiary/aromatic N) is 1. The summed E-state index contributed by atoms with van der Waals surface area (Å²) in [4.78, 5) is 39.2. The van der Waals surface area contributed by atoms with E-state index in [-0.39, 0.29) is 26.9 Å². The number of carbonyl (C=O) groups excluding carboxylic acids is 3. The van der Waals surface area contributed by atoms with Crippen LogP contribution in [0, 0.1) is 0 Å². The van der Waals surface area contributed by atoms with Gasteiger partial charge >= 0.3 is 0 Å². The molecule has 0 fully saturated rings. The second-order valence-corrected chi connectivity index (χ2v) is 10.6. The molecule has 0 spiro atoms. The van der Waals surface area contributed by atoms with E-state index in [1.165, 1.54) is 30.3 Å². The number of carbonyl (C=O) groups is 3. The number of benzene rings is 3. The fourth-order valence-corrected chi connectivity index (χ4v) is 5.04. The largest absolute Gasteiger partial charge is 0.322 e. The van der Waals surface area contributed by atoms with Crippen molar-refractivity contribution in [3.63, 3.8) is 0 Å². The number of nitrogens with one attached hydrogen (secondary N) is 1. The third kappa shape index (κ3) is 3.92. The van der Waals surface area contributed by atoms with Gasteiger partial charge in [-0.3, -0.25) is 14.4 Å². The van der Waals surface area contributed by atoms with E-state index in [1.54, 1.807) is 50.2 Å². The maximum absolute atomic E-state index is 12.9. The van der Waals surface area contributed by atoms with Gasteiger partial charge in [-0.1, -0.05) is 35.9 Å². The minimum absolute atomic E-state index is 0.00625. The molecular weight excluding hydrogens is 464 g/mol. The van der Waals surface area contributed by atoms with Gasteiger partial charge in [-0.15, -0.1) is 0 Å². The molecule has 3 aromatic rings. The first kappa shape index (κ1) is 22.7. The number of amides is 3. The molecule has 0 aromatic heterocycles. The number of sulfone groups is 1. The minimum Gasteiger partial charge on any atom is -0.322 e. The van der Waals surface area contributed by atoms with Gasteiger partial charge in [0.2, 0.25) is 0 Å². The van der Waals surface area contributed by atoms with Crippen LogP contribution in [0.2, 0.25) is 5.02 Å². The second kappa shape index (κ2) is 8.46. The van der Waals surface area contributed by atoms with Crippen LogP contribution < -0.4 is 10.2 Å². The third-order valence-corrected chi connectivity index (χ3v) is 7.81. The first-order valence-corrected chi connectivity index (χ1v) is 12.0. The standard InChI is InChI=1S/C24H19ClN2O5S/c1-14(2)33(31,32)21-10-6-5-9-18(21)22(28)26-15-11-12-20(19(25)13-15)27-23(29)16-7-3-4-8-17(16)24(27)30/h3-14H,1-2H3,(H,26,28). The van der Waals surface area contributed by atoms with Crippen LogP contribution >= 0.6 is 11.6 Å². The van der Waals surface area contributed by atoms with Gasteiger partial charge in [-0.05, 0) is 56.3 Å². The minimum atomic E-state index is -3.68. The zero-order valence-electron chi connectivity index (χ0n) is 17.7. The summed E-state index contributed by atoms with van der Waals surface area (Å²) in [5, 5.41) is 2.01. The van der Waals surface area contributed by atoms with Crippen LogP contribution in [-0.4, -0.2) is 31.4 Å². The van der Waals surface area contributed by atoms with E-state index in [2.05, 4.69) is 5.32 Å². The molecule has 0 unspecified atom stereocenters. The fraction of sp³-hybridized carbons (Fsp3) is 0.125. The summed E-state index contributed by atoms with van der Waals surface area (Å²) in [7, 11) is -3.68. The van der Waals surface area contributed by atoms with Crippen molar-refractivity contribution in [1.29, 1.82) is 0 Å². The van der Waals surface area contributed by atoms with Crippen LogP contribution in [0.1, 0.15) is 44.9 Å². The topological polar surface area (TPSA) is 101 Å². The Kier molecular flexibility index (Phi) is 5.82. The molecule has 0 saturated heterocycles. The van der Waals surface area contributed by atoms with Crippen LogP contribution in [0.5, 0.6) is 0 Å². The van der Waals surface area contributed by atoms with Crippen molar-refractivity contribution in [3.8, 4) is 0 Å². The number of halogens is 1. The second-order valence-electron chi connectivity index (χ2n) is 7.70. The molecule has 33 heavy (non-hydrogen) atoms. The van der Waals surface area contributed by atoms with Crippen molar-refractivity contribution in [2.75, 3.05) is 10.2 Å². The molecule has 1 aliphatic rings. The van der Waals surface area contributed by atoms with Crippen molar-refractivity contribution < 1.29 is 22.8 Å². The summed E-state index contributed by atoms with van der Waals surface area (Å²) in [6.45, 7) is 3.09. The van der Waals surface area contributed by atoms with Crippen LogP contribution in [0.15, 0.2) is 71.6 Å². The SMILES string of the molecule is CC(C)S(=O)(=O)c1ccccc1C(=O)Nc1ccc(N2C(=O)c3ccccc3C2=O)c(Cl)c1. The molecule has 0 aliphatic carbocycles. The normalized spacial score (nSPS) is 13.4. The number of hydrogen-bond donors (Lipinski definition) is 1. The first-order valence-electron chi connectivity index (χ1n) is 10.0. The van der Waals surface area contributed by atoms with Gasteiger partial charge in [-0.2, -0.15) is 0 Å². The highest BCUT2D eigenvalue weighted by atomic mass is 35.5. The summed E-state index contributed by atoms with van der Waals surface area (Å²) >= 11 is 6.36. The van der Waals surface area contributed by atoms with E-state index in [9.17, 15) is 22.8 Å². The van der Waals surface area contributed by atoms with E-state index in [1.807, 2.05) is 0 Å². The maximum atomic E-state index is 12.9. The molecule has 0 saturated carbocycles. The van der Waals surface area contributed by atoms with E-state index >= 15 is 0 Å². The van der Waals surface area contributed by atoms with Crippen LogP contribution in [0.3, 0.4) is 0 Å². The Bertz CT molecular complexity index is 1380. The van der Waals surface area contributed by atoms with Gasteiger partial charge in [0.1, 0.15) is 0 Å². The Morgan fingerprint density at radius 2 is 1.48 bits per heavy atom. The molecule has 7 nitrogen and oxygen atoms in total. The first-order chi connectivity index (χ1) is 15.6. The number of imide groups is 1. The van der Waals surface area contributed by atoms with Crippen molar-refractivity contribution in [2.24, 2.45) is 0 Å². The molecule has 1 aliphatic heterocycles. The predicted octanol–water partition coefficient (Wildman–Crippen LogP) is 4.58. The zero-order valence-corrected chi connectivity index (χ0v) is 19.3. The van der Waals surface area contributed by atoms with Crippen LogP contribution in [-0.2, 0) is 9.84 Å². The lowest BCUT2D eigenvalue weighted by Gasteiger charge is -2.17.